The Balaban J connectivity index is 1.17. The van der Waals surface area contributed by atoms with Gasteiger partial charge in [0, 0.05) is 76.0 Å². The van der Waals surface area contributed by atoms with E-state index in [0.29, 0.717) is 18.6 Å². The van der Waals surface area contributed by atoms with Gasteiger partial charge in [-0.2, -0.15) is 0 Å². The van der Waals surface area contributed by atoms with Gasteiger partial charge in [0.05, 0.1) is 24.4 Å². The highest BCUT2D eigenvalue weighted by atomic mass is 16.6. The van der Waals surface area contributed by atoms with Crippen LogP contribution in [0.3, 0.4) is 0 Å². The zero-order valence-electron chi connectivity index (χ0n) is 36.8. The molecule has 0 amide bonds. The van der Waals surface area contributed by atoms with Crippen LogP contribution in [-0.2, 0) is 33.2 Å². The normalized spacial score (nSPS) is 40.2. The molecule has 5 aliphatic carbocycles. The fourth-order valence-electron chi connectivity index (χ4n) is 14.1. The average Bonchev–Trinajstić information content (AvgIpc) is 3.64. The standard InChI is InChI=1S/C49H71NO10/c1-7-8-9-10-11-12-13-14-15-16-17-18-19-20-24-27-36(51)60-49-37-34(30-47(54,44(58-6)42(49)52)43(37)59-45(53)33-25-22-21-23-26-33)48-35(56-4)28-29-46(32-55-3)31-50(2)41(48)38(49)39(57-5)40(46)48/h8-9,11-12,14-15,21-23,25-26,34-35,37-44,52,54H,7,10,13,16-20,24,27-32H2,1-6H3/b9-8-,12-11-,15-14-/t34-,35+,37-,38+,39+,40-,41-,42+,43-,44+,46+,47+,48+,49-/m1/s1. The van der Waals surface area contributed by atoms with Crippen molar-refractivity contribution in [1.29, 1.82) is 0 Å². The van der Waals surface area contributed by atoms with Crippen molar-refractivity contribution in [3.05, 3.63) is 72.4 Å². The first kappa shape index (κ1) is 45.1. The minimum Gasteiger partial charge on any atom is -0.455 e. The minimum atomic E-state index is -1.78. The van der Waals surface area contributed by atoms with Crippen LogP contribution in [0.25, 0.3) is 0 Å². The zero-order chi connectivity index (χ0) is 42.7. The van der Waals surface area contributed by atoms with Gasteiger partial charge < -0.3 is 43.5 Å². The molecule has 2 N–H and O–H groups in total. The molecule has 0 radical (unpaired) electrons. The fourth-order valence-corrected chi connectivity index (χ4v) is 14.1. The maximum Gasteiger partial charge on any atom is 0.338 e. The topological polar surface area (TPSA) is 133 Å². The first-order valence-electron chi connectivity index (χ1n) is 22.7. The van der Waals surface area contributed by atoms with E-state index in [-0.39, 0.29) is 36.3 Å². The Hall–Kier alpha value is -2.90. The number of aliphatic hydroxyl groups is 2. The number of rotatable bonds is 21. The summed E-state index contributed by atoms with van der Waals surface area (Å²) in [6, 6.07) is 8.49. The van der Waals surface area contributed by atoms with Gasteiger partial charge in [0.2, 0.25) is 0 Å². The summed E-state index contributed by atoms with van der Waals surface area (Å²) in [7, 11) is 8.78. The predicted octanol–water partition coefficient (Wildman–Crippen LogP) is 6.86. The highest BCUT2D eigenvalue weighted by molar-refractivity contribution is 5.89. The van der Waals surface area contributed by atoms with Crippen LogP contribution >= 0.6 is 0 Å². The molecule has 14 atom stereocenters. The number of benzene rings is 1. The number of allylic oxidation sites excluding steroid dienone is 6. The Bertz CT molecular complexity index is 1720. The Morgan fingerprint density at radius 1 is 0.867 bits per heavy atom. The number of nitrogens with zero attached hydrogens (tertiary/aromatic N) is 1. The molecule has 7 rings (SSSR count). The number of ether oxygens (including phenoxy) is 6. The van der Waals surface area contributed by atoms with Gasteiger partial charge in [-0.25, -0.2) is 4.79 Å². The smallest absolute Gasteiger partial charge is 0.338 e. The number of fused-ring (bicyclic) bond motifs is 2. The van der Waals surface area contributed by atoms with Gasteiger partial charge in [-0.05, 0) is 82.9 Å². The fraction of sp³-hybridized carbons (Fsp3) is 0.714. The van der Waals surface area contributed by atoms with Gasteiger partial charge in [0.25, 0.3) is 0 Å². The second kappa shape index (κ2) is 18.8. The largest absolute Gasteiger partial charge is 0.455 e. The molecule has 1 saturated heterocycles. The van der Waals surface area contributed by atoms with Crippen molar-refractivity contribution in [3.63, 3.8) is 0 Å². The van der Waals surface area contributed by atoms with Crippen LogP contribution in [0.15, 0.2) is 66.8 Å². The minimum absolute atomic E-state index is 0.119. The third kappa shape index (κ3) is 7.25. The van der Waals surface area contributed by atoms with E-state index in [1.54, 1.807) is 45.6 Å². The molecule has 6 aliphatic rings. The molecule has 1 heterocycles. The van der Waals surface area contributed by atoms with Crippen molar-refractivity contribution in [2.45, 2.75) is 138 Å². The Labute approximate surface area is 357 Å². The number of hydrogen-bond acceptors (Lipinski definition) is 11. The summed E-state index contributed by atoms with van der Waals surface area (Å²) < 4.78 is 38.8. The average molecular weight is 834 g/mol. The molecule has 332 valence electrons. The molecule has 1 aromatic rings. The van der Waals surface area contributed by atoms with Gasteiger partial charge in [0.1, 0.15) is 23.9 Å². The van der Waals surface area contributed by atoms with E-state index in [4.69, 9.17) is 28.4 Å². The van der Waals surface area contributed by atoms with Gasteiger partial charge >= 0.3 is 11.9 Å². The number of carbonyl (C=O) groups excluding carboxylic acids is 2. The van der Waals surface area contributed by atoms with Crippen molar-refractivity contribution in [2.24, 2.45) is 34.5 Å². The lowest BCUT2D eigenvalue weighted by molar-refractivity contribution is -0.317. The van der Waals surface area contributed by atoms with Crippen LogP contribution in [0.5, 0.6) is 0 Å². The highest BCUT2D eigenvalue weighted by Gasteiger charge is 2.91. The highest BCUT2D eigenvalue weighted by Crippen LogP contribution is 2.80. The molecule has 11 heteroatoms. The molecule has 60 heavy (non-hydrogen) atoms. The van der Waals surface area contributed by atoms with E-state index >= 15 is 0 Å². The molecular weight excluding hydrogens is 763 g/mol. The second-order valence-corrected chi connectivity index (χ2v) is 18.7. The van der Waals surface area contributed by atoms with Crippen molar-refractivity contribution in [3.8, 4) is 0 Å². The van der Waals surface area contributed by atoms with E-state index in [9.17, 15) is 19.8 Å². The lowest BCUT2D eigenvalue weighted by Crippen LogP contribution is -2.80. The maximum absolute atomic E-state index is 14.5. The number of methoxy groups -OCH3 is 4. The summed E-state index contributed by atoms with van der Waals surface area (Å²) in [5.41, 5.74) is -4.02. The zero-order valence-corrected chi connectivity index (χ0v) is 36.8. The van der Waals surface area contributed by atoms with E-state index in [2.05, 4.69) is 55.3 Å². The molecular formula is C49H71NO10. The third-order valence-electron chi connectivity index (χ3n) is 15.8. The third-order valence-corrected chi connectivity index (χ3v) is 15.8. The quantitative estimate of drug-likeness (QED) is 0.0766. The van der Waals surface area contributed by atoms with E-state index < -0.39 is 70.7 Å². The van der Waals surface area contributed by atoms with Crippen LogP contribution in [0, 0.1) is 34.5 Å². The van der Waals surface area contributed by atoms with E-state index in [0.717, 1.165) is 70.8 Å². The van der Waals surface area contributed by atoms with Crippen LogP contribution < -0.4 is 0 Å². The molecule has 1 aliphatic heterocycles. The van der Waals surface area contributed by atoms with Crippen molar-refractivity contribution >= 4 is 11.9 Å². The number of unbranched alkanes of at least 4 members (excludes halogenated alkanes) is 5. The maximum atomic E-state index is 14.5. The summed E-state index contributed by atoms with van der Waals surface area (Å²) in [5.74, 6) is -2.86. The number of aliphatic hydroxyl groups excluding tert-OH is 1. The van der Waals surface area contributed by atoms with Gasteiger partial charge in [-0.15, -0.1) is 0 Å². The first-order chi connectivity index (χ1) is 29.1. The molecule has 11 nitrogen and oxygen atoms in total. The number of piperidine rings is 1. The lowest BCUT2D eigenvalue weighted by Gasteiger charge is -2.69. The molecule has 7 bridgehead atoms. The molecule has 1 aromatic carbocycles. The second-order valence-electron chi connectivity index (χ2n) is 18.7. The summed E-state index contributed by atoms with van der Waals surface area (Å²) in [6.07, 6.45) is 19.4. The van der Waals surface area contributed by atoms with Crippen molar-refractivity contribution < 1.29 is 48.2 Å². The van der Waals surface area contributed by atoms with Crippen LogP contribution in [0.2, 0.25) is 0 Å². The van der Waals surface area contributed by atoms with Gasteiger partial charge in [-0.3, -0.25) is 4.79 Å². The van der Waals surface area contributed by atoms with Crippen LogP contribution in [0.4, 0.5) is 0 Å². The number of hydrogen-bond donors (Lipinski definition) is 2. The van der Waals surface area contributed by atoms with E-state index in [1.165, 1.54) is 7.11 Å². The summed E-state index contributed by atoms with van der Waals surface area (Å²) in [4.78, 5) is 30.9. The molecule has 6 fully saturated rings. The Kier molecular flexibility index (Phi) is 14.2. The summed E-state index contributed by atoms with van der Waals surface area (Å²) >= 11 is 0. The van der Waals surface area contributed by atoms with Crippen LogP contribution in [-0.4, -0.2) is 123 Å². The molecule has 0 aromatic heterocycles. The summed E-state index contributed by atoms with van der Waals surface area (Å²) in [6.45, 7) is 3.37. The molecule has 5 saturated carbocycles. The SMILES string of the molecule is CC/C=C\C/C=C\C/C=C\CCCCCCCC(=O)O[C@]12[C@H]3[C@@H](OC(=O)c4ccccc4)[C@@](O)(C[C@H]3[C@@]34[C@@H](OC)CC[C@@]5(COC)CN(C)[C@@H]3[C@@H]1[C@H](OC)[C@H]54)[C@@H](OC)[C@@H]2O. The van der Waals surface area contributed by atoms with Gasteiger partial charge in [0.15, 0.2) is 5.60 Å². The number of likely N-dealkylation sites (tertiary alicyclic amines) is 1. The first-order valence-corrected chi connectivity index (χ1v) is 22.7. The van der Waals surface area contributed by atoms with Crippen LogP contribution in [0.1, 0.15) is 101 Å². The molecule has 1 spiro atoms. The Morgan fingerprint density at radius 3 is 2.25 bits per heavy atom. The number of carbonyl (C=O) groups is 2. The lowest BCUT2D eigenvalue weighted by atomic mass is 9.43. The Morgan fingerprint density at radius 2 is 1.57 bits per heavy atom. The van der Waals surface area contributed by atoms with Gasteiger partial charge in [-0.1, -0.05) is 80.8 Å². The number of esters is 2. The van der Waals surface area contributed by atoms with Crippen molar-refractivity contribution in [1.82, 2.24) is 4.90 Å². The monoisotopic (exact) mass is 834 g/mol. The summed E-state index contributed by atoms with van der Waals surface area (Å²) in [5, 5.41) is 26.0. The predicted molar refractivity (Wildman–Crippen MR) is 228 cm³/mol. The van der Waals surface area contributed by atoms with Crippen molar-refractivity contribution in [2.75, 3.05) is 48.6 Å². The molecule has 0 unspecified atom stereocenters. The van der Waals surface area contributed by atoms with E-state index in [1.807, 2.05) is 6.07 Å².